The molecule has 1 heterocycles. The van der Waals surface area contributed by atoms with Crippen LogP contribution in [0.3, 0.4) is 0 Å². The van der Waals surface area contributed by atoms with Crippen LogP contribution in [0.15, 0.2) is 42.5 Å². The average Bonchev–Trinajstić information content (AvgIpc) is 2.92. The first kappa shape index (κ1) is 14.7. The molecular formula is C16H18N2O3S. The van der Waals surface area contributed by atoms with Crippen molar-refractivity contribution in [3.05, 3.63) is 53.6 Å². The maximum absolute atomic E-state index is 12.7. The SMILES string of the molecule is COc1ccc(C)cc1NS(=O)(=O)N1CCc2ccccc21. The van der Waals surface area contributed by atoms with E-state index in [2.05, 4.69) is 4.72 Å². The Kier molecular flexibility index (Phi) is 3.70. The van der Waals surface area contributed by atoms with E-state index in [1.165, 1.54) is 11.4 Å². The summed E-state index contributed by atoms with van der Waals surface area (Å²) in [5, 5.41) is 0. The topological polar surface area (TPSA) is 58.6 Å². The molecule has 3 rings (SSSR count). The molecule has 0 spiro atoms. The Balaban J connectivity index is 1.94. The van der Waals surface area contributed by atoms with Crippen LogP contribution in [0.25, 0.3) is 0 Å². The second-order valence-corrected chi connectivity index (χ2v) is 6.86. The summed E-state index contributed by atoms with van der Waals surface area (Å²) in [6, 6.07) is 12.9. The summed E-state index contributed by atoms with van der Waals surface area (Å²) in [7, 11) is -2.15. The Morgan fingerprint density at radius 1 is 1.18 bits per heavy atom. The van der Waals surface area contributed by atoms with Crippen LogP contribution in [-0.2, 0) is 16.6 Å². The van der Waals surface area contributed by atoms with Crippen LogP contribution in [-0.4, -0.2) is 22.1 Å². The molecule has 5 nitrogen and oxygen atoms in total. The summed E-state index contributed by atoms with van der Waals surface area (Å²) in [5.74, 6) is 0.502. The second kappa shape index (κ2) is 5.53. The van der Waals surface area contributed by atoms with E-state index in [1.807, 2.05) is 37.3 Å². The second-order valence-electron chi connectivity index (χ2n) is 5.26. The lowest BCUT2D eigenvalue weighted by atomic mass is 10.2. The minimum Gasteiger partial charge on any atom is -0.495 e. The van der Waals surface area contributed by atoms with E-state index < -0.39 is 10.2 Å². The van der Waals surface area contributed by atoms with Crippen LogP contribution in [0.2, 0.25) is 0 Å². The first-order valence-corrected chi connectivity index (χ1v) is 8.48. The summed E-state index contributed by atoms with van der Waals surface area (Å²) < 4.78 is 34.7. The number of aryl methyl sites for hydroxylation is 1. The molecule has 0 saturated carbocycles. The van der Waals surface area contributed by atoms with Crippen LogP contribution >= 0.6 is 0 Å². The molecule has 0 amide bonds. The normalized spacial score (nSPS) is 13.8. The molecule has 0 saturated heterocycles. The molecule has 1 N–H and O–H groups in total. The average molecular weight is 318 g/mol. The minimum atomic E-state index is -3.67. The van der Waals surface area contributed by atoms with Crippen molar-refractivity contribution >= 4 is 21.6 Å². The number of hydrogen-bond donors (Lipinski definition) is 1. The third kappa shape index (κ3) is 2.62. The molecule has 2 aromatic rings. The van der Waals surface area contributed by atoms with Gasteiger partial charge >= 0.3 is 10.2 Å². The van der Waals surface area contributed by atoms with Gasteiger partial charge in [-0.05, 0) is 42.7 Å². The number of ether oxygens (including phenoxy) is 1. The first-order valence-electron chi connectivity index (χ1n) is 7.04. The zero-order valence-electron chi connectivity index (χ0n) is 12.5. The lowest BCUT2D eigenvalue weighted by Crippen LogP contribution is -2.34. The first-order chi connectivity index (χ1) is 10.5. The molecule has 0 aliphatic carbocycles. The van der Waals surface area contributed by atoms with Gasteiger partial charge in [0.05, 0.1) is 18.5 Å². The van der Waals surface area contributed by atoms with Crippen molar-refractivity contribution < 1.29 is 13.2 Å². The Hall–Kier alpha value is -2.21. The fraction of sp³-hybridized carbons (Fsp3) is 0.250. The molecule has 0 atom stereocenters. The smallest absolute Gasteiger partial charge is 0.324 e. The summed E-state index contributed by atoms with van der Waals surface area (Å²) in [4.78, 5) is 0. The van der Waals surface area contributed by atoms with Gasteiger partial charge in [0.15, 0.2) is 0 Å². The number of fused-ring (bicyclic) bond motifs is 1. The van der Waals surface area contributed by atoms with Crippen LogP contribution < -0.4 is 13.8 Å². The maximum Gasteiger partial charge on any atom is 0.324 e. The molecule has 0 unspecified atom stereocenters. The van der Waals surface area contributed by atoms with E-state index in [1.54, 1.807) is 12.1 Å². The lowest BCUT2D eigenvalue weighted by molar-refractivity contribution is 0.417. The third-order valence-electron chi connectivity index (χ3n) is 3.73. The summed E-state index contributed by atoms with van der Waals surface area (Å²) >= 11 is 0. The molecule has 116 valence electrons. The number of para-hydroxylation sites is 1. The summed E-state index contributed by atoms with van der Waals surface area (Å²) in [5.41, 5.74) is 3.19. The molecule has 1 aliphatic rings. The predicted molar refractivity (Wildman–Crippen MR) is 87.8 cm³/mol. The van der Waals surface area contributed by atoms with Crippen LogP contribution in [0, 0.1) is 6.92 Å². The summed E-state index contributed by atoms with van der Waals surface area (Å²) in [6.07, 6.45) is 0.724. The van der Waals surface area contributed by atoms with Gasteiger partial charge in [0.2, 0.25) is 0 Å². The van der Waals surface area contributed by atoms with Gasteiger partial charge < -0.3 is 4.74 Å². The molecule has 0 radical (unpaired) electrons. The van der Waals surface area contributed by atoms with Crippen LogP contribution in [0.4, 0.5) is 11.4 Å². The Morgan fingerprint density at radius 2 is 1.95 bits per heavy atom. The largest absolute Gasteiger partial charge is 0.495 e. The van der Waals surface area contributed by atoms with E-state index in [-0.39, 0.29) is 0 Å². The molecule has 6 heteroatoms. The van der Waals surface area contributed by atoms with E-state index in [0.717, 1.165) is 23.2 Å². The van der Waals surface area contributed by atoms with Gasteiger partial charge in [-0.25, -0.2) is 0 Å². The minimum absolute atomic E-state index is 0.447. The van der Waals surface area contributed by atoms with Crippen molar-refractivity contribution in [2.45, 2.75) is 13.3 Å². The highest BCUT2D eigenvalue weighted by Gasteiger charge is 2.29. The number of methoxy groups -OCH3 is 1. The monoisotopic (exact) mass is 318 g/mol. The zero-order chi connectivity index (χ0) is 15.7. The maximum atomic E-state index is 12.7. The number of nitrogens with zero attached hydrogens (tertiary/aromatic N) is 1. The van der Waals surface area contributed by atoms with Crippen LogP contribution in [0.5, 0.6) is 5.75 Å². The Bertz CT molecular complexity index is 803. The van der Waals surface area contributed by atoms with E-state index in [0.29, 0.717) is 18.0 Å². The lowest BCUT2D eigenvalue weighted by Gasteiger charge is -2.21. The fourth-order valence-corrected chi connectivity index (χ4v) is 3.97. The van der Waals surface area contributed by atoms with E-state index >= 15 is 0 Å². The third-order valence-corrected chi connectivity index (χ3v) is 5.17. The van der Waals surface area contributed by atoms with Gasteiger partial charge in [-0.2, -0.15) is 8.42 Å². The van der Waals surface area contributed by atoms with Crippen molar-refractivity contribution in [2.24, 2.45) is 0 Å². The zero-order valence-corrected chi connectivity index (χ0v) is 13.4. The quantitative estimate of drug-likeness (QED) is 0.943. The van der Waals surface area contributed by atoms with Crippen molar-refractivity contribution in [3.63, 3.8) is 0 Å². The van der Waals surface area contributed by atoms with Crippen LogP contribution in [0.1, 0.15) is 11.1 Å². The Morgan fingerprint density at radius 3 is 2.73 bits per heavy atom. The highest BCUT2D eigenvalue weighted by Crippen LogP contribution is 2.32. The van der Waals surface area contributed by atoms with E-state index in [4.69, 9.17) is 4.74 Å². The number of hydrogen-bond acceptors (Lipinski definition) is 3. The molecule has 22 heavy (non-hydrogen) atoms. The predicted octanol–water partition coefficient (Wildman–Crippen LogP) is 2.72. The number of benzene rings is 2. The fourth-order valence-electron chi connectivity index (χ4n) is 2.65. The van der Waals surface area contributed by atoms with Gasteiger partial charge in [0.25, 0.3) is 0 Å². The van der Waals surface area contributed by atoms with Gasteiger partial charge in [0.1, 0.15) is 5.75 Å². The number of anilines is 2. The van der Waals surface area contributed by atoms with E-state index in [9.17, 15) is 8.42 Å². The molecule has 2 aromatic carbocycles. The molecule has 0 fully saturated rings. The molecule has 1 aliphatic heterocycles. The van der Waals surface area contributed by atoms with Gasteiger partial charge in [-0.15, -0.1) is 0 Å². The van der Waals surface area contributed by atoms with Crippen molar-refractivity contribution in [1.29, 1.82) is 0 Å². The Labute approximate surface area is 130 Å². The highest BCUT2D eigenvalue weighted by molar-refractivity contribution is 7.94. The highest BCUT2D eigenvalue weighted by atomic mass is 32.2. The van der Waals surface area contributed by atoms with Crippen molar-refractivity contribution in [2.75, 3.05) is 22.7 Å². The van der Waals surface area contributed by atoms with Gasteiger partial charge in [-0.1, -0.05) is 24.3 Å². The number of rotatable bonds is 4. The van der Waals surface area contributed by atoms with Gasteiger partial charge in [0, 0.05) is 6.54 Å². The number of nitrogens with one attached hydrogen (secondary N) is 1. The molecule has 0 aromatic heterocycles. The molecule has 0 bridgehead atoms. The molecular weight excluding hydrogens is 300 g/mol. The van der Waals surface area contributed by atoms with Crippen molar-refractivity contribution in [3.8, 4) is 5.75 Å². The van der Waals surface area contributed by atoms with Gasteiger partial charge in [-0.3, -0.25) is 9.03 Å². The van der Waals surface area contributed by atoms with Crippen molar-refractivity contribution in [1.82, 2.24) is 0 Å². The standard InChI is InChI=1S/C16H18N2O3S/c1-12-7-8-16(21-2)14(11-12)17-22(19,20)18-10-9-13-5-3-4-6-15(13)18/h3-8,11,17H,9-10H2,1-2H3. The summed E-state index contributed by atoms with van der Waals surface area (Å²) in [6.45, 7) is 2.35.